The molecule has 3 aromatic carbocycles. The van der Waals surface area contributed by atoms with Crippen molar-refractivity contribution in [2.45, 2.75) is 38.7 Å². The summed E-state index contributed by atoms with van der Waals surface area (Å²) in [6, 6.07) is 27.5. The Kier molecular flexibility index (Phi) is 7.94. The zero-order chi connectivity index (χ0) is 27.4. The van der Waals surface area contributed by atoms with Crippen molar-refractivity contribution < 1.29 is 14.7 Å². The number of aliphatic hydroxyl groups excluding tert-OH is 1. The summed E-state index contributed by atoms with van der Waals surface area (Å²) in [4.78, 5) is 27.8. The smallest absolute Gasteiger partial charge is 0.183 e. The van der Waals surface area contributed by atoms with E-state index in [0.29, 0.717) is 18.4 Å². The van der Waals surface area contributed by atoms with Gasteiger partial charge in [0.15, 0.2) is 11.6 Å². The molecule has 1 aliphatic heterocycles. The molecule has 1 aliphatic rings. The molecule has 0 unspecified atom stereocenters. The summed E-state index contributed by atoms with van der Waals surface area (Å²) in [6.07, 6.45) is 2.08. The predicted molar refractivity (Wildman–Crippen MR) is 156 cm³/mol. The second-order valence-electron chi connectivity index (χ2n) is 10.4. The number of aromatic nitrogens is 1. The Balaban J connectivity index is 1.13. The maximum Gasteiger partial charge on any atom is 0.183 e. The summed E-state index contributed by atoms with van der Waals surface area (Å²) < 4.78 is 1.93. The molecular weight excluding hydrogens is 486 g/mol. The van der Waals surface area contributed by atoms with E-state index >= 15 is 0 Å². The van der Waals surface area contributed by atoms with Gasteiger partial charge in [0.2, 0.25) is 0 Å². The topological polar surface area (TPSA) is 74.6 Å². The highest BCUT2D eigenvalue weighted by Gasteiger charge is 2.17. The molecule has 0 amide bonds. The summed E-state index contributed by atoms with van der Waals surface area (Å²) in [6.45, 7) is 3.67. The van der Waals surface area contributed by atoms with E-state index in [1.165, 1.54) is 0 Å². The van der Waals surface area contributed by atoms with Crippen LogP contribution in [0.5, 0.6) is 0 Å². The van der Waals surface area contributed by atoms with E-state index in [-0.39, 0.29) is 17.7 Å². The van der Waals surface area contributed by atoms with Gasteiger partial charge in [-0.25, -0.2) is 0 Å². The first-order valence-electron chi connectivity index (χ1n) is 13.5. The minimum atomic E-state index is -0.198. The van der Waals surface area contributed by atoms with Crippen LogP contribution in [0.3, 0.4) is 0 Å². The van der Waals surface area contributed by atoms with Gasteiger partial charge in [0.05, 0.1) is 11.8 Å². The number of carbonyl (C=O) groups is 2. The van der Waals surface area contributed by atoms with Crippen molar-refractivity contribution in [3.63, 3.8) is 0 Å². The molecule has 1 fully saturated rings. The Hall–Kier alpha value is -4.16. The van der Waals surface area contributed by atoms with Gasteiger partial charge < -0.3 is 19.9 Å². The van der Waals surface area contributed by atoms with Crippen LogP contribution in [0.1, 0.15) is 50.5 Å². The van der Waals surface area contributed by atoms with Crippen LogP contribution in [0.4, 0.5) is 17.1 Å². The summed E-state index contributed by atoms with van der Waals surface area (Å²) in [7, 11) is 1.91. The van der Waals surface area contributed by atoms with E-state index in [4.69, 9.17) is 0 Å². The molecule has 6 heteroatoms. The summed E-state index contributed by atoms with van der Waals surface area (Å²) in [5.41, 5.74) is 7.41. The largest absolute Gasteiger partial charge is 0.393 e. The lowest BCUT2D eigenvalue weighted by atomic mass is 10.0. The molecule has 1 aromatic heterocycles. The van der Waals surface area contributed by atoms with E-state index < -0.39 is 0 Å². The first kappa shape index (κ1) is 26.4. The summed E-state index contributed by atoms with van der Waals surface area (Å²) >= 11 is 0. The second-order valence-corrected chi connectivity index (χ2v) is 10.4. The Bertz CT molecular complexity index is 1430. The van der Waals surface area contributed by atoms with Crippen LogP contribution in [0.25, 0.3) is 0 Å². The molecule has 0 radical (unpaired) electrons. The fraction of sp³-hybridized carbons (Fsp3) is 0.273. The van der Waals surface area contributed by atoms with Gasteiger partial charge in [0.25, 0.3) is 0 Å². The zero-order valence-electron chi connectivity index (χ0n) is 22.6. The quantitative estimate of drug-likeness (QED) is 0.269. The fourth-order valence-corrected chi connectivity index (χ4v) is 5.02. The Morgan fingerprint density at radius 2 is 1.31 bits per heavy atom. The van der Waals surface area contributed by atoms with E-state index in [0.717, 1.165) is 65.5 Å². The molecule has 4 aromatic rings. The van der Waals surface area contributed by atoms with Crippen LogP contribution in [0.2, 0.25) is 0 Å². The highest BCUT2D eigenvalue weighted by Crippen LogP contribution is 2.22. The lowest BCUT2D eigenvalue weighted by Gasteiger charge is -2.31. The van der Waals surface area contributed by atoms with E-state index in [2.05, 4.69) is 10.2 Å². The van der Waals surface area contributed by atoms with Crippen molar-refractivity contribution >= 4 is 28.6 Å². The first-order valence-corrected chi connectivity index (χ1v) is 13.5. The minimum absolute atomic E-state index is 0.0898. The van der Waals surface area contributed by atoms with Gasteiger partial charge in [-0.15, -0.1) is 0 Å². The molecule has 0 spiro atoms. The normalized spacial score (nSPS) is 13.9. The van der Waals surface area contributed by atoms with Crippen LogP contribution < -0.4 is 10.2 Å². The van der Waals surface area contributed by atoms with Crippen molar-refractivity contribution in [2.24, 2.45) is 7.05 Å². The molecule has 0 atom stereocenters. The SMILES string of the molecule is Cc1ccc(C(=O)Cc2ccc(Nc3ccc(CC(=O)c4ccc(N5CCC(O)CC5)cc4)cc3)cc2)n1C. The maximum atomic E-state index is 12.9. The monoisotopic (exact) mass is 521 g/mol. The maximum absolute atomic E-state index is 12.9. The molecular formula is C33H35N3O3. The number of nitrogens with zero attached hydrogens (tertiary/aromatic N) is 2. The minimum Gasteiger partial charge on any atom is -0.393 e. The van der Waals surface area contributed by atoms with Crippen LogP contribution in [-0.4, -0.2) is 40.4 Å². The number of nitrogens with one attached hydrogen (secondary N) is 1. The van der Waals surface area contributed by atoms with Crippen LogP contribution in [-0.2, 0) is 19.9 Å². The van der Waals surface area contributed by atoms with Gasteiger partial charge in [-0.1, -0.05) is 24.3 Å². The van der Waals surface area contributed by atoms with Gasteiger partial charge >= 0.3 is 0 Å². The number of ketones is 2. The van der Waals surface area contributed by atoms with E-state index in [1.54, 1.807) is 0 Å². The van der Waals surface area contributed by atoms with Gasteiger partial charge in [-0.05, 0) is 91.6 Å². The lowest BCUT2D eigenvalue weighted by Crippen LogP contribution is -2.35. The number of carbonyl (C=O) groups excluding carboxylic acids is 2. The van der Waals surface area contributed by atoms with E-state index in [1.807, 2.05) is 103 Å². The molecule has 6 nitrogen and oxygen atoms in total. The molecule has 200 valence electrons. The molecule has 0 saturated carbocycles. The Morgan fingerprint density at radius 1 is 0.769 bits per heavy atom. The van der Waals surface area contributed by atoms with Crippen molar-refractivity contribution in [3.8, 4) is 0 Å². The van der Waals surface area contributed by atoms with E-state index in [9.17, 15) is 14.7 Å². The first-order chi connectivity index (χ1) is 18.9. The highest BCUT2D eigenvalue weighted by molar-refractivity contribution is 5.98. The number of aryl methyl sites for hydroxylation is 1. The number of hydrogen-bond donors (Lipinski definition) is 2. The second kappa shape index (κ2) is 11.7. The molecule has 2 N–H and O–H groups in total. The van der Waals surface area contributed by atoms with Crippen LogP contribution in [0, 0.1) is 6.92 Å². The third-order valence-electron chi connectivity index (χ3n) is 7.60. The molecule has 2 heterocycles. The van der Waals surface area contributed by atoms with Gasteiger partial charge in [-0.3, -0.25) is 9.59 Å². The Morgan fingerprint density at radius 3 is 1.82 bits per heavy atom. The fourth-order valence-electron chi connectivity index (χ4n) is 5.02. The third-order valence-corrected chi connectivity index (χ3v) is 7.60. The summed E-state index contributed by atoms with van der Waals surface area (Å²) in [5.74, 6) is 0.196. The van der Waals surface area contributed by atoms with Crippen molar-refractivity contribution in [3.05, 3.63) is 113 Å². The van der Waals surface area contributed by atoms with Crippen LogP contribution in [0.15, 0.2) is 84.9 Å². The zero-order valence-corrected chi connectivity index (χ0v) is 22.6. The molecule has 0 aliphatic carbocycles. The molecule has 1 saturated heterocycles. The highest BCUT2D eigenvalue weighted by atomic mass is 16.3. The third kappa shape index (κ3) is 6.47. The van der Waals surface area contributed by atoms with Crippen LogP contribution >= 0.6 is 0 Å². The van der Waals surface area contributed by atoms with Crippen molar-refractivity contribution in [1.29, 1.82) is 0 Å². The molecule has 39 heavy (non-hydrogen) atoms. The van der Waals surface area contributed by atoms with Crippen molar-refractivity contribution in [1.82, 2.24) is 4.57 Å². The Labute approximate surface area is 229 Å². The van der Waals surface area contributed by atoms with Gasteiger partial charge in [-0.2, -0.15) is 0 Å². The number of Topliss-reactive ketones (excluding diaryl/α,β-unsaturated/α-hetero) is 2. The molecule has 0 bridgehead atoms. The number of benzene rings is 3. The molecule has 5 rings (SSSR count). The van der Waals surface area contributed by atoms with Gasteiger partial charge in [0.1, 0.15) is 0 Å². The lowest BCUT2D eigenvalue weighted by molar-refractivity contribution is 0.0980. The van der Waals surface area contributed by atoms with Crippen molar-refractivity contribution in [2.75, 3.05) is 23.3 Å². The van der Waals surface area contributed by atoms with Gasteiger partial charge in [0, 0.05) is 61.3 Å². The average Bonchev–Trinajstić information content (AvgIpc) is 3.29. The average molecular weight is 522 g/mol. The number of rotatable bonds is 9. The number of aliphatic hydroxyl groups is 1. The summed E-state index contributed by atoms with van der Waals surface area (Å²) in [5, 5.41) is 13.1. The number of piperidine rings is 1. The predicted octanol–water partition coefficient (Wildman–Crippen LogP) is 5.89. The number of anilines is 3. The standard InChI is InChI=1S/C33H35N3O3/c1-23-3-16-31(35(23)2)33(39)22-25-6-12-28(13-7-25)34-27-10-4-24(5-11-27)21-32(38)26-8-14-29(15-9-26)36-19-17-30(37)18-20-36/h3-16,30,34,37H,17-22H2,1-2H3. The number of hydrogen-bond acceptors (Lipinski definition) is 5.